The van der Waals surface area contributed by atoms with Crippen LogP contribution in [0.25, 0.3) is 33.1 Å². The minimum Gasteiger partial charge on any atom is -0.494 e. The van der Waals surface area contributed by atoms with Crippen LogP contribution in [0.1, 0.15) is 19.4 Å². The first-order chi connectivity index (χ1) is 18.0. The monoisotopic (exact) mass is 521 g/mol. The molecule has 0 spiro atoms. The third-order valence-electron chi connectivity index (χ3n) is 5.84. The predicted octanol–water partition coefficient (Wildman–Crippen LogP) is 6.44. The van der Waals surface area contributed by atoms with Crippen molar-refractivity contribution in [2.24, 2.45) is 0 Å². The number of carbonyl (C=O) groups is 1. The van der Waals surface area contributed by atoms with E-state index in [1.54, 1.807) is 13.0 Å². The van der Waals surface area contributed by atoms with Crippen LogP contribution in [0.3, 0.4) is 0 Å². The second-order valence-corrected chi connectivity index (χ2v) is 8.63. The minimum atomic E-state index is -0.856. The van der Waals surface area contributed by atoms with Crippen molar-refractivity contribution in [3.05, 3.63) is 66.0 Å². The highest BCUT2D eigenvalue weighted by atomic mass is 32.1. The Balaban J connectivity index is 1.75. The Morgan fingerprint density at radius 2 is 1.84 bits per heavy atom. The van der Waals surface area contributed by atoms with Crippen molar-refractivity contribution in [1.82, 2.24) is 13.3 Å². The first-order valence-electron chi connectivity index (χ1n) is 11.7. The molecule has 37 heavy (non-hydrogen) atoms. The summed E-state index contributed by atoms with van der Waals surface area (Å²) in [5.41, 5.74) is 4.32. The molecule has 0 atom stereocenters. The molecule has 5 aromatic rings. The molecule has 0 amide bonds. The second kappa shape index (κ2) is 10.4. The summed E-state index contributed by atoms with van der Waals surface area (Å²) in [4.78, 5) is 12.6. The van der Waals surface area contributed by atoms with Crippen LogP contribution < -0.4 is 14.2 Å². The molecule has 3 aromatic carbocycles. The zero-order chi connectivity index (χ0) is 25.9. The third kappa shape index (κ3) is 4.79. The Hall–Kier alpha value is -4.18. The largest absolute Gasteiger partial charge is 0.515 e. The van der Waals surface area contributed by atoms with Crippen LogP contribution in [0.4, 0.5) is 9.18 Å². The first-order valence-corrected chi connectivity index (χ1v) is 12.4. The number of hydrogen-bond donors (Lipinski definition) is 0. The number of benzene rings is 3. The lowest BCUT2D eigenvalue weighted by molar-refractivity contribution is 0.101. The lowest BCUT2D eigenvalue weighted by Crippen LogP contribution is -2.14. The van der Waals surface area contributed by atoms with Crippen molar-refractivity contribution in [2.75, 3.05) is 20.3 Å². The number of aromatic nitrogens is 3. The van der Waals surface area contributed by atoms with Crippen LogP contribution >= 0.6 is 11.7 Å². The molecule has 0 aliphatic heterocycles. The molecule has 190 valence electrons. The standard InChI is InChI=1S/C27H24FN3O5S/c1-4-34-18-8-10-23-19(14-18)25(17-7-11-24(33-3)20(28)13-17)26(36-27(32)35-5-2)31(23)15-16-6-9-21-22(12-16)30-37-29-21/h6-14H,4-5,15H2,1-3H3. The van der Waals surface area contributed by atoms with Gasteiger partial charge in [0, 0.05) is 5.39 Å². The zero-order valence-corrected chi connectivity index (χ0v) is 21.3. The molecule has 2 heterocycles. The van der Waals surface area contributed by atoms with Gasteiger partial charge < -0.3 is 23.5 Å². The average molecular weight is 522 g/mol. The number of fused-ring (bicyclic) bond motifs is 2. The second-order valence-electron chi connectivity index (χ2n) is 8.10. The number of rotatable bonds is 8. The summed E-state index contributed by atoms with van der Waals surface area (Å²) in [6.07, 6.45) is -0.856. The van der Waals surface area contributed by atoms with E-state index in [0.717, 1.165) is 39.2 Å². The molecule has 0 aliphatic rings. The van der Waals surface area contributed by atoms with Crippen molar-refractivity contribution in [3.8, 4) is 28.5 Å². The maximum absolute atomic E-state index is 14.8. The molecular weight excluding hydrogens is 497 g/mol. The number of hydrogen-bond acceptors (Lipinski definition) is 8. The predicted molar refractivity (Wildman–Crippen MR) is 139 cm³/mol. The molecule has 10 heteroatoms. The van der Waals surface area contributed by atoms with Crippen LogP contribution in [-0.4, -0.2) is 39.8 Å². The van der Waals surface area contributed by atoms with Gasteiger partial charge in [-0.1, -0.05) is 12.1 Å². The van der Waals surface area contributed by atoms with Gasteiger partial charge in [0.2, 0.25) is 5.88 Å². The quantitative estimate of drug-likeness (QED) is 0.217. The fourth-order valence-electron chi connectivity index (χ4n) is 4.27. The Bertz CT molecular complexity index is 1600. The summed E-state index contributed by atoms with van der Waals surface area (Å²) in [5, 5.41) is 0.728. The van der Waals surface area contributed by atoms with Crippen LogP contribution in [0.5, 0.6) is 17.4 Å². The van der Waals surface area contributed by atoms with E-state index in [1.165, 1.54) is 19.2 Å². The van der Waals surface area contributed by atoms with Crippen LogP contribution in [0.2, 0.25) is 0 Å². The fourth-order valence-corrected chi connectivity index (χ4v) is 4.78. The van der Waals surface area contributed by atoms with Crippen molar-refractivity contribution < 1.29 is 28.1 Å². The van der Waals surface area contributed by atoms with E-state index in [9.17, 15) is 9.18 Å². The summed E-state index contributed by atoms with van der Waals surface area (Å²) in [7, 11) is 1.41. The van der Waals surface area contributed by atoms with Gasteiger partial charge in [0.15, 0.2) is 11.6 Å². The molecule has 0 fully saturated rings. The smallest absolute Gasteiger partial charge is 0.494 e. The van der Waals surface area contributed by atoms with E-state index in [1.807, 2.05) is 47.9 Å². The van der Waals surface area contributed by atoms with Crippen molar-refractivity contribution in [2.45, 2.75) is 20.4 Å². The van der Waals surface area contributed by atoms with Gasteiger partial charge in [-0.2, -0.15) is 8.75 Å². The van der Waals surface area contributed by atoms with E-state index in [0.29, 0.717) is 30.0 Å². The van der Waals surface area contributed by atoms with Gasteiger partial charge in [-0.05, 0) is 67.4 Å². The van der Waals surface area contributed by atoms with Gasteiger partial charge in [-0.3, -0.25) is 0 Å². The van der Waals surface area contributed by atoms with Gasteiger partial charge in [0.1, 0.15) is 16.8 Å². The van der Waals surface area contributed by atoms with Gasteiger partial charge >= 0.3 is 6.16 Å². The highest BCUT2D eigenvalue weighted by Gasteiger charge is 2.25. The molecule has 0 saturated heterocycles. The van der Waals surface area contributed by atoms with Crippen molar-refractivity contribution in [1.29, 1.82) is 0 Å². The summed E-state index contributed by atoms with van der Waals surface area (Å²) >= 11 is 1.15. The zero-order valence-electron chi connectivity index (χ0n) is 20.5. The SMILES string of the molecule is CCOC(=O)Oc1c(-c2ccc(OC)c(F)c2)c2cc(OCC)ccc2n1Cc1ccc2nsnc2c1. The van der Waals surface area contributed by atoms with E-state index in [2.05, 4.69) is 8.75 Å². The minimum absolute atomic E-state index is 0.112. The van der Waals surface area contributed by atoms with Crippen LogP contribution in [-0.2, 0) is 11.3 Å². The fraction of sp³-hybridized carbons (Fsp3) is 0.222. The first kappa shape index (κ1) is 24.5. The van der Waals surface area contributed by atoms with Crippen molar-refractivity contribution in [3.63, 3.8) is 0 Å². The Labute approximate surface area is 216 Å². The third-order valence-corrected chi connectivity index (χ3v) is 6.40. The van der Waals surface area contributed by atoms with Crippen LogP contribution in [0.15, 0.2) is 54.6 Å². The molecule has 8 nitrogen and oxygen atoms in total. The van der Waals surface area contributed by atoms with Gasteiger partial charge in [-0.25, -0.2) is 9.18 Å². The van der Waals surface area contributed by atoms with Crippen molar-refractivity contribution >= 4 is 39.8 Å². The number of nitrogens with zero attached hydrogens (tertiary/aromatic N) is 3. The summed E-state index contributed by atoms with van der Waals surface area (Å²) in [6.45, 7) is 4.57. The van der Waals surface area contributed by atoms with E-state index in [4.69, 9.17) is 18.9 Å². The molecule has 0 aliphatic carbocycles. The molecular formula is C27H24FN3O5S. The molecule has 0 bridgehead atoms. The lowest BCUT2D eigenvalue weighted by Gasteiger charge is -2.13. The van der Waals surface area contributed by atoms with E-state index in [-0.39, 0.29) is 18.2 Å². The number of methoxy groups -OCH3 is 1. The number of halogens is 1. The van der Waals surface area contributed by atoms with E-state index >= 15 is 0 Å². The topological polar surface area (TPSA) is 84.7 Å². The number of ether oxygens (including phenoxy) is 4. The Morgan fingerprint density at radius 3 is 2.59 bits per heavy atom. The summed E-state index contributed by atoms with van der Waals surface area (Å²) in [5.74, 6) is 0.439. The molecule has 2 aromatic heterocycles. The summed E-state index contributed by atoms with van der Waals surface area (Å²) in [6, 6.07) is 16.0. The van der Waals surface area contributed by atoms with Gasteiger partial charge in [0.05, 0.1) is 49.7 Å². The maximum atomic E-state index is 14.8. The Kier molecular flexibility index (Phi) is 6.91. The summed E-state index contributed by atoms with van der Waals surface area (Å²) < 4.78 is 47.0. The molecule has 0 unspecified atom stereocenters. The van der Waals surface area contributed by atoms with Gasteiger partial charge in [-0.15, -0.1) is 0 Å². The molecule has 0 radical (unpaired) electrons. The Morgan fingerprint density at radius 1 is 1.00 bits per heavy atom. The highest BCUT2D eigenvalue weighted by molar-refractivity contribution is 7.00. The van der Waals surface area contributed by atoms with Crippen LogP contribution in [0, 0.1) is 5.82 Å². The van der Waals surface area contributed by atoms with E-state index < -0.39 is 12.0 Å². The normalized spacial score (nSPS) is 11.1. The molecule has 5 rings (SSSR count). The lowest BCUT2D eigenvalue weighted by atomic mass is 10.0. The maximum Gasteiger partial charge on any atom is 0.515 e. The molecule has 0 N–H and O–H groups in total. The number of carbonyl (C=O) groups excluding carboxylic acids is 1. The van der Waals surface area contributed by atoms with Gasteiger partial charge in [0.25, 0.3) is 0 Å². The average Bonchev–Trinajstić information content (AvgIpc) is 3.46. The molecule has 0 saturated carbocycles. The highest BCUT2D eigenvalue weighted by Crippen LogP contribution is 2.43.